The maximum Gasteiger partial charge on any atom is 0.276 e. The maximum atomic E-state index is 13.1. The summed E-state index contributed by atoms with van der Waals surface area (Å²) in [4.78, 5) is 27.6. The Morgan fingerprint density at radius 3 is 2.58 bits per heavy atom. The number of hydrogen-bond donors (Lipinski definition) is 1. The van der Waals surface area contributed by atoms with Crippen LogP contribution in [0.2, 0.25) is 0 Å². The molecule has 0 bridgehead atoms. The Labute approximate surface area is 158 Å². The van der Waals surface area contributed by atoms with Crippen molar-refractivity contribution in [2.45, 2.75) is 38.8 Å². The molecule has 0 aliphatic rings. The summed E-state index contributed by atoms with van der Waals surface area (Å²) in [7, 11) is 0. The highest BCUT2D eigenvalue weighted by Gasteiger charge is 2.34. The first-order valence-electron chi connectivity index (χ1n) is 8.45. The van der Waals surface area contributed by atoms with Crippen LogP contribution in [0, 0.1) is 0 Å². The van der Waals surface area contributed by atoms with Crippen molar-refractivity contribution in [3.05, 3.63) is 59.6 Å². The van der Waals surface area contributed by atoms with Gasteiger partial charge in [0.25, 0.3) is 5.91 Å². The highest BCUT2D eigenvalue weighted by atomic mass is 32.1. The largest absolute Gasteiger partial charge is 0.349 e. The van der Waals surface area contributed by atoms with Crippen molar-refractivity contribution in [2.24, 2.45) is 0 Å². The first-order chi connectivity index (χ1) is 12.4. The normalized spacial score (nSPS) is 12.3. The molecule has 2 rings (SSSR count). The van der Waals surface area contributed by atoms with Gasteiger partial charge in [0.1, 0.15) is 6.04 Å². The SMILES string of the molecule is C=CCN(C(=O)c1csnn1)[C@@H](C(=O)NC(C)(C)CC)c1ccccc1. The van der Waals surface area contributed by atoms with Crippen LogP contribution < -0.4 is 5.32 Å². The molecule has 1 aromatic heterocycles. The Kier molecular flexibility index (Phi) is 6.63. The summed E-state index contributed by atoms with van der Waals surface area (Å²) < 4.78 is 3.75. The maximum absolute atomic E-state index is 13.1. The van der Waals surface area contributed by atoms with Gasteiger partial charge in [0, 0.05) is 17.5 Å². The van der Waals surface area contributed by atoms with E-state index in [1.54, 1.807) is 11.5 Å². The fourth-order valence-electron chi connectivity index (χ4n) is 2.45. The minimum absolute atomic E-state index is 0.218. The Morgan fingerprint density at radius 2 is 2.04 bits per heavy atom. The fourth-order valence-corrected chi connectivity index (χ4v) is 2.88. The van der Waals surface area contributed by atoms with Crippen molar-refractivity contribution < 1.29 is 9.59 Å². The zero-order chi connectivity index (χ0) is 19.2. The molecule has 0 unspecified atom stereocenters. The van der Waals surface area contributed by atoms with Gasteiger partial charge in [-0.2, -0.15) is 0 Å². The van der Waals surface area contributed by atoms with Gasteiger partial charge in [-0.05, 0) is 37.4 Å². The predicted molar refractivity (Wildman–Crippen MR) is 103 cm³/mol. The van der Waals surface area contributed by atoms with E-state index in [0.717, 1.165) is 23.5 Å². The molecule has 0 fully saturated rings. The first-order valence-corrected chi connectivity index (χ1v) is 9.29. The van der Waals surface area contributed by atoms with Crippen LogP contribution in [-0.2, 0) is 4.79 Å². The van der Waals surface area contributed by atoms with Crippen LogP contribution in [-0.4, -0.2) is 38.4 Å². The first kappa shape index (κ1) is 19.8. The van der Waals surface area contributed by atoms with Crippen LogP contribution in [0.5, 0.6) is 0 Å². The molecule has 0 radical (unpaired) electrons. The van der Waals surface area contributed by atoms with E-state index in [-0.39, 0.29) is 29.6 Å². The summed E-state index contributed by atoms with van der Waals surface area (Å²) >= 11 is 1.10. The number of carbonyl (C=O) groups excluding carboxylic acids is 2. The van der Waals surface area contributed by atoms with E-state index in [4.69, 9.17) is 0 Å². The smallest absolute Gasteiger partial charge is 0.276 e. The lowest BCUT2D eigenvalue weighted by molar-refractivity contribution is -0.127. The molecule has 1 aromatic carbocycles. The van der Waals surface area contributed by atoms with Gasteiger partial charge in [-0.3, -0.25) is 9.59 Å². The summed E-state index contributed by atoms with van der Waals surface area (Å²) in [5.74, 6) is -0.585. The summed E-state index contributed by atoms with van der Waals surface area (Å²) in [6, 6.07) is 8.47. The molecular weight excluding hydrogens is 348 g/mol. The van der Waals surface area contributed by atoms with Gasteiger partial charge in [-0.1, -0.05) is 47.8 Å². The van der Waals surface area contributed by atoms with E-state index in [1.807, 2.05) is 51.1 Å². The zero-order valence-corrected chi connectivity index (χ0v) is 16.1. The molecule has 1 N–H and O–H groups in total. The number of nitrogens with one attached hydrogen (secondary N) is 1. The Balaban J connectivity index is 2.44. The van der Waals surface area contributed by atoms with Gasteiger partial charge in [0.05, 0.1) is 0 Å². The second-order valence-electron chi connectivity index (χ2n) is 6.58. The minimum atomic E-state index is -0.783. The molecule has 138 valence electrons. The van der Waals surface area contributed by atoms with Gasteiger partial charge < -0.3 is 10.2 Å². The summed E-state index contributed by atoms with van der Waals surface area (Å²) in [6.07, 6.45) is 2.37. The minimum Gasteiger partial charge on any atom is -0.349 e. The third-order valence-corrected chi connectivity index (χ3v) is 4.69. The van der Waals surface area contributed by atoms with E-state index in [0.29, 0.717) is 0 Å². The molecule has 0 aliphatic carbocycles. The van der Waals surface area contributed by atoms with E-state index in [9.17, 15) is 9.59 Å². The lowest BCUT2D eigenvalue weighted by Gasteiger charge is -2.33. The Morgan fingerprint density at radius 1 is 1.35 bits per heavy atom. The van der Waals surface area contributed by atoms with Crippen LogP contribution in [0.3, 0.4) is 0 Å². The average molecular weight is 372 g/mol. The van der Waals surface area contributed by atoms with Crippen LogP contribution in [0.15, 0.2) is 48.4 Å². The van der Waals surface area contributed by atoms with Crippen molar-refractivity contribution >= 4 is 23.3 Å². The molecule has 0 aliphatic heterocycles. The predicted octanol–water partition coefficient (Wildman–Crippen LogP) is 3.21. The summed E-state index contributed by atoms with van der Waals surface area (Å²) in [5, 5.41) is 8.48. The van der Waals surface area contributed by atoms with Gasteiger partial charge in [-0.25, -0.2) is 0 Å². The number of nitrogens with zero attached hydrogens (tertiary/aromatic N) is 3. The monoisotopic (exact) mass is 372 g/mol. The topological polar surface area (TPSA) is 75.2 Å². The average Bonchev–Trinajstić information content (AvgIpc) is 3.16. The Bertz CT molecular complexity index is 744. The van der Waals surface area contributed by atoms with Crippen molar-refractivity contribution in [3.63, 3.8) is 0 Å². The highest BCUT2D eigenvalue weighted by molar-refractivity contribution is 7.03. The van der Waals surface area contributed by atoms with Crippen molar-refractivity contribution in [3.8, 4) is 0 Å². The van der Waals surface area contributed by atoms with Gasteiger partial charge in [0.2, 0.25) is 5.91 Å². The van der Waals surface area contributed by atoms with Crippen LogP contribution in [0.4, 0.5) is 0 Å². The number of rotatable bonds is 8. The molecule has 0 saturated heterocycles. The quantitative estimate of drug-likeness (QED) is 0.722. The number of aromatic nitrogens is 2. The van der Waals surface area contributed by atoms with Crippen LogP contribution in [0.25, 0.3) is 0 Å². The summed E-state index contributed by atoms with van der Waals surface area (Å²) in [6.45, 7) is 9.87. The van der Waals surface area contributed by atoms with E-state index in [2.05, 4.69) is 21.5 Å². The van der Waals surface area contributed by atoms with Crippen molar-refractivity contribution in [1.82, 2.24) is 19.8 Å². The second kappa shape index (κ2) is 8.71. The zero-order valence-electron chi connectivity index (χ0n) is 15.3. The third kappa shape index (κ3) is 4.76. The number of hydrogen-bond acceptors (Lipinski definition) is 5. The number of carbonyl (C=O) groups is 2. The second-order valence-corrected chi connectivity index (χ2v) is 7.19. The van der Waals surface area contributed by atoms with Gasteiger partial charge >= 0.3 is 0 Å². The lowest BCUT2D eigenvalue weighted by Crippen LogP contribution is -2.50. The van der Waals surface area contributed by atoms with Crippen LogP contribution >= 0.6 is 11.5 Å². The highest BCUT2D eigenvalue weighted by Crippen LogP contribution is 2.24. The molecule has 6 nitrogen and oxygen atoms in total. The molecular formula is C19H24N4O2S. The molecule has 0 saturated carbocycles. The van der Waals surface area contributed by atoms with Crippen molar-refractivity contribution in [2.75, 3.05) is 6.54 Å². The summed E-state index contributed by atoms with van der Waals surface area (Å²) in [5.41, 5.74) is 0.575. The van der Waals surface area contributed by atoms with Crippen LogP contribution in [0.1, 0.15) is 49.3 Å². The van der Waals surface area contributed by atoms with E-state index >= 15 is 0 Å². The standard InChI is InChI=1S/C19H24N4O2S/c1-5-12-23(18(25)15-13-26-22-21-15)16(14-10-8-7-9-11-14)17(24)20-19(3,4)6-2/h5,7-11,13,16H,1,6,12H2,2-4H3,(H,20,24)/t16-/m1/s1. The fraction of sp³-hybridized carbons (Fsp3) is 0.368. The molecule has 0 spiro atoms. The van der Waals surface area contributed by atoms with Gasteiger partial charge in [-0.15, -0.1) is 11.7 Å². The molecule has 7 heteroatoms. The van der Waals surface area contributed by atoms with E-state index < -0.39 is 6.04 Å². The molecule has 2 amide bonds. The number of amides is 2. The number of benzene rings is 1. The molecule has 1 atom stereocenters. The van der Waals surface area contributed by atoms with E-state index in [1.165, 1.54) is 4.90 Å². The van der Waals surface area contributed by atoms with Crippen molar-refractivity contribution in [1.29, 1.82) is 0 Å². The molecule has 2 aromatic rings. The third-order valence-electron chi connectivity index (χ3n) is 4.19. The van der Waals surface area contributed by atoms with Gasteiger partial charge in [0.15, 0.2) is 5.69 Å². The lowest BCUT2D eigenvalue weighted by atomic mass is 9.98. The molecule has 1 heterocycles. The Hall–Kier alpha value is -2.54. The molecule has 26 heavy (non-hydrogen) atoms.